The zero-order chi connectivity index (χ0) is 8.27. The van der Waals surface area contributed by atoms with Gasteiger partial charge in [-0.05, 0) is 30.0 Å². The molecule has 0 saturated heterocycles. The Morgan fingerprint density at radius 1 is 1.58 bits per heavy atom. The Kier molecular flexibility index (Phi) is 5.22. The summed E-state index contributed by atoms with van der Waals surface area (Å²) in [6, 6.07) is -0.610. The van der Waals surface area contributed by atoms with Gasteiger partial charge in [0.15, 0.2) is 0 Å². The maximum Gasteiger partial charge on any atom is 0.242 e. The van der Waals surface area contributed by atoms with Crippen molar-refractivity contribution in [2.24, 2.45) is 5.73 Å². The van der Waals surface area contributed by atoms with Crippen LogP contribution in [0.5, 0.6) is 0 Å². The Morgan fingerprint density at radius 2 is 2.25 bits per heavy atom. The van der Waals surface area contributed by atoms with Gasteiger partial charge >= 0.3 is 0 Å². The van der Waals surface area contributed by atoms with Crippen molar-refractivity contribution in [2.75, 3.05) is 0 Å². The number of rotatable bonds is 2. The van der Waals surface area contributed by atoms with Gasteiger partial charge in [0.25, 0.3) is 0 Å². The van der Waals surface area contributed by atoms with E-state index in [9.17, 15) is 4.79 Å². The van der Waals surface area contributed by atoms with Crippen LogP contribution in [0.4, 0.5) is 0 Å². The molecule has 1 aliphatic carbocycles. The fourth-order valence-corrected chi connectivity index (χ4v) is 1.16. The van der Waals surface area contributed by atoms with E-state index in [0.29, 0.717) is 0 Å². The van der Waals surface area contributed by atoms with Crippen LogP contribution >= 0.6 is 24.0 Å². The summed E-state index contributed by atoms with van der Waals surface area (Å²) < 4.78 is 0. The molecule has 0 radical (unpaired) electrons. The third kappa shape index (κ3) is 2.97. The van der Waals surface area contributed by atoms with Crippen molar-refractivity contribution < 1.29 is 4.79 Å². The summed E-state index contributed by atoms with van der Waals surface area (Å²) in [7, 11) is 0. The molecule has 0 aliphatic heterocycles. The monoisotopic (exact) mass is 207 g/mol. The molecule has 2 nitrogen and oxygen atoms in total. The number of allylic oxidation sites excluding steroid dienone is 3. The molecule has 0 saturated carbocycles. The summed E-state index contributed by atoms with van der Waals surface area (Å²) in [5.74, 6) is 0. The van der Waals surface area contributed by atoms with Crippen LogP contribution in [0.15, 0.2) is 23.8 Å². The van der Waals surface area contributed by atoms with Crippen molar-refractivity contribution in [1.29, 1.82) is 0 Å². The highest BCUT2D eigenvalue weighted by Gasteiger charge is 2.15. The number of hydrogen-bond acceptors (Lipinski definition) is 2. The third-order valence-corrected chi connectivity index (χ3v) is 1.92. The lowest BCUT2D eigenvalue weighted by molar-refractivity contribution is -0.112. The highest BCUT2D eigenvalue weighted by Crippen LogP contribution is 2.14. The smallest absolute Gasteiger partial charge is 0.242 e. The van der Waals surface area contributed by atoms with Gasteiger partial charge in [-0.1, -0.05) is 18.2 Å². The quantitative estimate of drug-likeness (QED) is 0.555. The van der Waals surface area contributed by atoms with Crippen molar-refractivity contribution >= 4 is 29.3 Å². The highest BCUT2D eigenvalue weighted by molar-refractivity contribution is 6.65. The number of hydrogen-bond donors (Lipinski definition) is 1. The summed E-state index contributed by atoms with van der Waals surface area (Å²) in [6.07, 6.45) is 7.59. The van der Waals surface area contributed by atoms with Gasteiger partial charge in [-0.15, -0.1) is 12.4 Å². The van der Waals surface area contributed by atoms with Crippen LogP contribution in [-0.4, -0.2) is 11.3 Å². The fraction of sp³-hybridized carbons (Fsp3) is 0.375. The van der Waals surface area contributed by atoms with E-state index < -0.39 is 11.3 Å². The molecule has 1 rings (SSSR count). The van der Waals surface area contributed by atoms with Crippen LogP contribution in [0.2, 0.25) is 0 Å². The Morgan fingerprint density at radius 3 is 2.67 bits per heavy atom. The number of carbonyl (C=O) groups excluding carboxylic acids is 1. The van der Waals surface area contributed by atoms with Gasteiger partial charge in [-0.25, -0.2) is 0 Å². The summed E-state index contributed by atoms with van der Waals surface area (Å²) >= 11 is 5.23. The van der Waals surface area contributed by atoms with Gasteiger partial charge < -0.3 is 5.73 Å². The topological polar surface area (TPSA) is 43.1 Å². The standard InChI is InChI=1S/C8H10ClNO.ClH/c9-8(11)7(10)6-4-2-1-3-5-6;/h1-2,5,7H,3-4,10H2;1H. The average Bonchev–Trinajstić information content (AvgIpc) is 2.05. The van der Waals surface area contributed by atoms with E-state index in [4.69, 9.17) is 17.3 Å². The zero-order valence-corrected chi connectivity index (χ0v) is 8.07. The molecular formula is C8H11Cl2NO. The molecule has 12 heavy (non-hydrogen) atoms. The minimum atomic E-state index is -0.610. The normalized spacial score (nSPS) is 17.7. The maximum atomic E-state index is 10.6. The predicted octanol–water partition coefficient (Wildman–Crippen LogP) is 1.78. The second-order valence-corrected chi connectivity index (χ2v) is 2.84. The van der Waals surface area contributed by atoms with Crippen LogP contribution in [0.3, 0.4) is 0 Å². The molecule has 0 bridgehead atoms. The second-order valence-electron chi connectivity index (χ2n) is 2.47. The van der Waals surface area contributed by atoms with Gasteiger partial charge in [-0.3, -0.25) is 4.79 Å². The summed E-state index contributed by atoms with van der Waals surface area (Å²) in [5, 5.41) is -0.480. The molecule has 0 aromatic carbocycles. The second kappa shape index (κ2) is 5.36. The fourth-order valence-electron chi connectivity index (χ4n) is 1.02. The van der Waals surface area contributed by atoms with Crippen molar-refractivity contribution in [3.63, 3.8) is 0 Å². The van der Waals surface area contributed by atoms with Gasteiger partial charge in [0.2, 0.25) is 5.24 Å². The van der Waals surface area contributed by atoms with Crippen LogP contribution in [0.25, 0.3) is 0 Å². The number of carbonyl (C=O) groups is 1. The summed E-state index contributed by atoms with van der Waals surface area (Å²) in [4.78, 5) is 10.6. The van der Waals surface area contributed by atoms with E-state index in [1.807, 2.05) is 18.2 Å². The Labute approximate surface area is 82.9 Å². The van der Waals surface area contributed by atoms with E-state index in [1.165, 1.54) is 0 Å². The highest BCUT2D eigenvalue weighted by atomic mass is 35.5. The molecular weight excluding hydrogens is 197 g/mol. The van der Waals surface area contributed by atoms with Gasteiger partial charge in [0.1, 0.15) is 6.04 Å². The Hall–Kier alpha value is -0.310. The first kappa shape index (κ1) is 11.7. The van der Waals surface area contributed by atoms with Gasteiger partial charge in [0, 0.05) is 0 Å². The molecule has 0 aromatic rings. The van der Waals surface area contributed by atoms with Gasteiger partial charge in [-0.2, -0.15) is 0 Å². The molecule has 0 aromatic heterocycles. The molecule has 1 unspecified atom stereocenters. The summed E-state index contributed by atoms with van der Waals surface area (Å²) in [5.41, 5.74) is 6.43. The van der Waals surface area contributed by atoms with E-state index in [2.05, 4.69) is 0 Å². The predicted molar refractivity (Wildman–Crippen MR) is 52.5 cm³/mol. The largest absolute Gasteiger partial charge is 0.317 e. The molecule has 4 heteroatoms. The number of nitrogens with two attached hydrogens (primary N) is 1. The van der Waals surface area contributed by atoms with Crippen LogP contribution in [0, 0.1) is 0 Å². The molecule has 0 heterocycles. The average molecular weight is 208 g/mol. The van der Waals surface area contributed by atoms with E-state index in [-0.39, 0.29) is 12.4 Å². The lowest BCUT2D eigenvalue weighted by Gasteiger charge is -2.12. The van der Waals surface area contributed by atoms with Crippen LogP contribution in [0.1, 0.15) is 12.8 Å². The van der Waals surface area contributed by atoms with Crippen molar-refractivity contribution in [2.45, 2.75) is 18.9 Å². The van der Waals surface area contributed by atoms with E-state index >= 15 is 0 Å². The molecule has 2 N–H and O–H groups in total. The van der Waals surface area contributed by atoms with Crippen LogP contribution < -0.4 is 5.73 Å². The molecule has 0 spiro atoms. The molecule has 1 aliphatic rings. The lowest BCUT2D eigenvalue weighted by Crippen LogP contribution is -2.29. The van der Waals surface area contributed by atoms with Crippen molar-refractivity contribution in [3.05, 3.63) is 23.8 Å². The molecule has 0 fully saturated rings. The first-order valence-electron chi connectivity index (χ1n) is 3.50. The zero-order valence-electron chi connectivity index (χ0n) is 6.50. The minimum absolute atomic E-state index is 0. The van der Waals surface area contributed by atoms with E-state index in [0.717, 1.165) is 18.4 Å². The first-order chi connectivity index (χ1) is 5.22. The van der Waals surface area contributed by atoms with Crippen molar-refractivity contribution in [1.82, 2.24) is 0 Å². The third-order valence-electron chi connectivity index (χ3n) is 1.68. The van der Waals surface area contributed by atoms with E-state index in [1.54, 1.807) is 0 Å². The molecule has 0 amide bonds. The Bertz CT molecular complexity index is 223. The SMILES string of the molecule is Cl.NC(C(=O)Cl)C1=CCC=CC1. The summed E-state index contributed by atoms with van der Waals surface area (Å²) in [6.45, 7) is 0. The van der Waals surface area contributed by atoms with Crippen molar-refractivity contribution in [3.8, 4) is 0 Å². The number of halogens is 2. The van der Waals surface area contributed by atoms with Gasteiger partial charge in [0.05, 0.1) is 0 Å². The minimum Gasteiger partial charge on any atom is -0.317 e. The molecule has 68 valence electrons. The van der Waals surface area contributed by atoms with Crippen LogP contribution in [-0.2, 0) is 4.79 Å². The first-order valence-corrected chi connectivity index (χ1v) is 3.88. The maximum absolute atomic E-state index is 10.6. The molecule has 1 atom stereocenters. The lowest BCUT2D eigenvalue weighted by atomic mass is 10.0. The Balaban J connectivity index is 0.00000121.